The molecule has 2 aromatic rings. The van der Waals surface area contributed by atoms with Crippen LogP contribution in [0.25, 0.3) is 0 Å². The Morgan fingerprint density at radius 3 is 2.80 bits per heavy atom. The van der Waals surface area contributed by atoms with Crippen molar-refractivity contribution in [1.29, 1.82) is 0 Å². The van der Waals surface area contributed by atoms with E-state index in [0.29, 0.717) is 19.6 Å². The number of ether oxygens (including phenoxy) is 2. The van der Waals surface area contributed by atoms with Gasteiger partial charge in [-0.2, -0.15) is 0 Å². The number of fused-ring (bicyclic) bond motifs is 1. The molecule has 1 N–H and O–H groups in total. The van der Waals surface area contributed by atoms with E-state index in [1.807, 2.05) is 43.4 Å². The van der Waals surface area contributed by atoms with Crippen LogP contribution in [0.15, 0.2) is 48.5 Å². The van der Waals surface area contributed by atoms with Crippen LogP contribution in [0.1, 0.15) is 5.56 Å². The lowest BCUT2D eigenvalue weighted by atomic mass is 9.95. The molecule has 1 amide bonds. The van der Waals surface area contributed by atoms with E-state index in [-0.39, 0.29) is 11.8 Å². The second-order valence-corrected chi connectivity index (χ2v) is 6.21. The standard InChI is InChI=1S/C20H24N2O3/c1-22(17-8-4-3-5-9-17)12-11-21-20(23)16-13-15-7-6-10-18(24-2)19(15)25-14-16/h3-10,16H,11-14H2,1-2H3,(H,21,23)/t16-/m0/s1. The molecule has 0 unspecified atom stereocenters. The minimum Gasteiger partial charge on any atom is -0.493 e. The van der Waals surface area contributed by atoms with Gasteiger partial charge in [0.15, 0.2) is 11.5 Å². The number of carbonyl (C=O) groups is 1. The largest absolute Gasteiger partial charge is 0.493 e. The molecule has 1 atom stereocenters. The van der Waals surface area contributed by atoms with E-state index in [2.05, 4.69) is 22.3 Å². The number of para-hydroxylation sites is 2. The number of carbonyl (C=O) groups excluding carboxylic acids is 1. The predicted molar refractivity (Wildman–Crippen MR) is 98.4 cm³/mol. The number of likely N-dealkylation sites (N-methyl/N-ethyl adjacent to an activating group) is 1. The Bertz CT molecular complexity index is 718. The molecule has 0 spiro atoms. The molecule has 5 nitrogen and oxygen atoms in total. The monoisotopic (exact) mass is 340 g/mol. The van der Waals surface area contributed by atoms with Crippen LogP contribution in [0.5, 0.6) is 11.5 Å². The Kier molecular flexibility index (Phi) is 5.43. The SMILES string of the molecule is COc1cccc2c1OC[C@@H](C(=O)NCCN(C)c1ccccc1)C2. The minimum atomic E-state index is -0.165. The van der Waals surface area contributed by atoms with Gasteiger partial charge in [0, 0.05) is 25.8 Å². The van der Waals surface area contributed by atoms with Crippen molar-refractivity contribution in [3.8, 4) is 11.5 Å². The Morgan fingerprint density at radius 1 is 1.24 bits per heavy atom. The second kappa shape index (κ2) is 7.92. The number of methoxy groups -OCH3 is 1. The molecule has 0 saturated heterocycles. The van der Waals surface area contributed by atoms with Gasteiger partial charge in [0.05, 0.1) is 13.0 Å². The predicted octanol–water partition coefficient (Wildman–Crippen LogP) is 2.50. The molecule has 0 fully saturated rings. The molecule has 0 aliphatic carbocycles. The summed E-state index contributed by atoms with van der Waals surface area (Å²) in [6.45, 7) is 1.74. The van der Waals surface area contributed by atoms with E-state index in [4.69, 9.17) is 9.47 Å². The summed E-state index contributed by atoms with van der Waals surface area (Å²) in [5, 5.41) is 3.02. The van der Waals surface area contributed by atoms with E-state index >= 15 is 0 Å². The van der Waals surface area contributed by atoms with Crippen LogP contribution in [0.4, 0.5) is 5.69 Å². The molecule has 1 aliphatic rings. The lowest BCUT2D eigenvalue weighted by Crippen LogP contribution is -2.40. The van der Waals surface area contributed by atoms with Gasteiger partial charge in [-0.05, 0) is 30.2 Å². The number of hydrogen-bond donors (Lipinski definition) is 1. The number of benzene rings is 2. The third-order valence-corrected chi connectivity index (χ3v) is 4.49. The maximum absolute atomic E-state index is 12.4. The molecule has 0 radical (unpaired) electrons. The summed E-state index contributed by atoms with van der Waals surface area (Å²) in [7, 11) is 3.65. The highest BCUT2D eigenvalue weighted by molar-refractivity contribution is 5.79. The third-order valence-electron chi connectivity index (χ3n) is 4.49. The van der Waals surface area contributed by atoms with Crippen molar-refractivity contribution in [2.75, 3.05) is 38.8 Å². The van der Waals surface area contributed by atoms with Gasteiger partial charge in [-0.25, -0.2) is 0 Å². The molecule has 1 heterocycles. The Hall–Kier alpha value is -2.69. The first-order chi connectivity index (χ1) is 12.2. The van der Waals surface area contributed by atoms with E-state index in [0.717, 1.165) is 29.3 Å². The van der Waals surface area contributed by atoms with E-state index in [9.17, 15) is 4.79 Å². The van der Waals surface area contributed by atoms with Crippen LogP contribution >= 0.6 is 0 Å². The van der Waals surface area contributed by atoms with Crippen LogP contribution in [0.3, 0.4) is 0 Å². The molecule has 1 aliphatic heterocycles. The van der Waals surface area contributed by atoms with Crippen molar-refractivity contribution in [3.05, 3.63) is 54.1 Å². The highest BCUT2D eigenvalue weighted by Gasteiger charge is 2.27. The molecular formula is C20H24N2O3. The fourth-order valence-corrected chi connectivity index (χ4v) is 3.03. The molecule has 0 bridgehead atoms. The fourth-order valence-electron chi connectivity index (χ4n) is 3.03. The van der Waals surface area contributed by atoms with Crippen LogP contribution in [0.2, 0.25) is 0 Å². The summed E-state index contributed by atoms with van der Waals surface area (Å²) in [6, 6.07) is 15.9. The van der Waals surface area contributed by atoms with Crippen molar-refractivity contribution in [2.24, 2.45) is 5.92 Å². The van der Waals surface area contributed by atoms with Gasteiger partial charge in [0.25, 0.3) is 0 Å². The number of rotatable bonds is 6. The van der Waals surface area contributed by atoms with Crippen LogP contribution in [0, 0.1) is 5.92 Å². The van der Waals surface area contributed by atoms with Gasteiger partial charge in [-0.3, -0.25) is 4.79 Å². The third kappa shape index (κ3) is 4.05. The molecule has 132 valence electrons. The molecular weight excluding hydrogens is 316 g/mol. The Morgan fingerprint density at radius 2 is 2.04 bits per heavy atom. The average Bonchev–Trinajstić information content (AvgIpc) is 2.67. The quantitative estimate of drug-likeness (QED) is 0.878. The normalized spacial score (nSPS) is 15.7. The number of hydrogen-bond acceptors (Lipinski definition) is 4. The molecule has 5 heteroatoms. The zero-order chi connectivity index (χ0) is 17.6. The highest BCUT2D eigenvalue weighted by Crippen LogP contribution is 2.35. The maximum Gasteiger partial charge on any atom is 0.226 e. The van der Waals surface area contributed by atoms with Gasteiger partial charge in [0.2, 0.25) is 5.91 Å². The van der Waals surface area contributed by atoms with Crippen molar-refractivity contribution >= 4 is 11.6 Å². The minimum absolute atomic E-state index is 0.0370. The maximum atomic E-state index is 12.4. The number of nitrogens with zero attached hydrogens (tertiary/aromatic N) is 1. The summed E-state index contributed by atoms with van der Waals surface area (Å²) in [6.07, 6.45) is 0.674. The van der Waals surface area contributed by atoms with Crippen molar-refractivity contribution < 1.29 is 14.3 Å². The summed E-state index contributed by atoms with van der Waals surface area (Å²) < 4.78 is 11.1. The first-order valence-electron chi connectivity index (χ1n) is 8.51. The molecule has 2 aromatic carbocycles. The summed E-state index contributed by atoms with van der Waals surface area (Å²) >= 11 is 0. The van der Waals surface area contributed by atoms with Gasteiger partial charge < -0.3 is 19.7 Å². The van der Waals surface area contributed by atoms with E-state index < -0.39 is 0 Å². The number of anilines is 1. The Labute approximate surface area is 148 Å². The van der Waals surface area contributed by atoms with E-state index in [1.54, 1.807) is 7.11 Å². The van der Waals surface area contributed by atoms with Crippen LogP contribution < -0.4 is 19.7 Å². The second-order valence-electron chi connectivity index (χ2n) is 6.21. The topological polar surface area (TPSA) is 50.8 Å². The molecule has 0 aromatic heterocycles. The summed E-state index contributed by atoms with van der Waals surface area (Å²) in [5.41, 5.74) is 2.16. The number of amides is 1. The zero-order valence-corrected chi connectivity index (χ0v) is 14.7. The van der Waals surface area contributed by atoms with Crippen LogP contribution in [-0.2, 0) is 11.2 Å². The van der Waals surface area contributed by atoms with Crippen molar-refractivity contribution in [3.63, 3.8) is 0 Å². The van der Waals surface area contributed by atoms with Gasteiger partial charge in [-0.15, -0.1) is 0 Å². The van der Waals surface area contributed by atoms with Gasteiger partial charge >= 0.3 is 0 Å². The molecule has 3 rings (SSSR count). The lowest BCUT2D eigenvalue weighted by molar-refractivity contribution is -0.126. The Balaban J connectivity index is 1.51. The number of nitrogens with one attached hydrogen (secondary N) is 1. The van der Waals surface area contributed by atoms with Crippen LogP contribution in [-0.4, -0.2) is 39.8 Å². The summed E-state index contributed by atoms with van der Waals surface area (Å²) in [4.78, 5) is 14.6. The van der Waals surface area contributed by atoms with Crippen molar-refractivity contribution in [1.82, 2.24) is 5.32 Å². The lowest BCUT2D eigenvalue weighted by Gasteiger charge is -2.26. The zero-order valence-electron chi connectivity index (χ0n) is 14.7. The first-order valence-corrected chi connectivity index (χ1v) is 8.51. The average molecular weight is 340 g/mol. The molecule has 25 heavy (non-hydrogen) atoms. The fraction of sp³-hybridized carbons (Fsp3) is 0.350. The first kappa shape index (κ1) is 17.1. The van der Waals surface area contributed by atoms with Crippen molar-refractivity contribution in [2.45, 2.75) is 6.42 Å². The van der Waals surface area contributed by atoms with E-state index in [1.165, 1.54) is 0 Å². The van der Waals surface area contributed by atoms with Gasteiger partial charge in [-0.1, -0.05) is 30.3 Å². The summed E-state index contributed by atoms with van der Waals surface area (Å²) in [5.74, 6) is 1.36. The smallest absolute Gasteiger partial charge is 0.226 e. The molecule has 0 saturated carbocycles. The van der Waals surface area contributed by atoms with Gasteiger partial charge in [0.1, 0.15) is 6.61 Å². The highest BCUT2D eigenvalue weighted by atomic mass is 16.5.